The molecular formula is C24H24N6O. The molecule has 7 heteroatoms. The third-order valence-corrected chi connectivity index (χ3v) is 6.16. The van der Waals surface area contributed by atoms with Gasteiger partial charge in [-0.2, -0.15) is 9.61 Å². The van der Waals surface area contributed by atoms with Crippen molar-refractivity contribution in [1.82, 2.24) is 19.6 Å². The van der Waals surface area contributed by atoms with Gasteiger partial charge in [-0.15, -0.1) is 0 Å². The van der Waals surface area contributed by atoms with Crippen LogP contribution in [-0.2, 0) is 4.74 Å². The van der Waals surface area contributed by atoms with E-state index in [0.29, 0.717) is 5.92 Å². The number of pyridine rings is 1. The fourth-order valence-electron chi connectivity index (χ4n) is 4.38. The molecule has 2 aliphatic heterocycles. The Bertz CT molecular complexity index is 1180. The van der Waals surface area contributed by atoms with Gasteiger partial charge in [-0.05, 0) is 24.3 Å². The molecular weight excluding hydrogens is 388 g/mol. The van der Waals surface area contributed by atoms with Crippen molar-refractivity contribution in [2.24, 2.45) is 0 Å². The molecule has 2 saturated heterocycles. The van der Waals surface area contributed by atoms with Crippen molar-refractivity contribution in [3.63, 3.8) is 0 Å². The Morgan fingerprint density at radius 2 is 1.65 bits per heavy atom. The fourth-order valence-corrected chi connectivity index (χ4v) is 4.38. The number of rotatable bonds is 4. The third kappa shape index (κ3) is 3.41. The minimum absolute atomic E-state index is 0.421. The zero-order valence-corrected chi connectivity index (χ0v) is 17.3. The van der Waals surface area contributed by atoms with E-state index < -0.39 is 0 Å². The summed E-state index contributed by atoms with van der Waals surface area (Å²) >= 11 is 0. The van der Waals surface area contributed by atoms with Gasteiger partial charge in [0.25, 0.3) is 0 Å². The van der Waals surface area contributed by atoms with E-state index in [1.807, 2.05) is 16.6 Å². The molecule has 2 fully saturated rings. The Hall–Kier alpha value is -3.45. The van der Waals surface area contributed by atoms with Gasteiger partial charge in [0, 0.05) is 67.9 Å². The highest BCUT2D eigenvalue weighted by Gasteiger charge is 2.31. The number of morpholine rings is 1. The average Bonchev–Trinajstić information content (AvgIpc) is 3.24. The van der Waals surface area contributed by atoms with Crippen LogP contribution in [0.4, 0.5) is 11.5 Å². The highest BCUT2D eigenvalue weighted by Crippen LogP contribution is 2.33. The molecule has 6 rings (SSSR count). The van der Waals surface area contributed by atoms with Crippen LogP contribution < -0.4 is 9.80 Å². The van der Waals surface area contributed by atoms with Gasteiger partial charge in [0.15, 0.2) is 5.65 Å². The Morgan fingerprint density at radius 1 is 0.871 bits per heavy atom. The molecule has 3 aromatic heterocycles. The molecule has 31 heavy (non-hydrogen) atoms. The second-order valence-corrected chi connectivity index (χ2v) is 8.11. The highest BCUT2D eigenvalue weighted by atomic mass is 16.5. The van der Waals surface area contributed by atoms with Crippen molar-refractivity contribution in [3.8, 4) is 11.3 Å². The number of nitrogens with zero attached hydrogens (tertiary/aromatic N) is 6. The van der Waals surface area contributed by atoms with Crippen LogP contribution in [0, 0.1) is 0 Å². The van der Waals surface area contributed by atoms with Crippen LogP contribution in [-0.4, -0.2) is 59.0 Å². The fraction of sp³-hybridized carbons (Fsp3) is 0.292. The maximum atomic E-state index is 5.58. The molecule has 0 atom stereocenters. The topological polar surface area (TPSA) is 58.8 Å². The molecule has 5 heterocycles. The van der Waals surface area contributed by atoms with Crippen LogP contribution >= 0.6 is 0 Å². The first-order valence-electron chi connectivity index (χ1n) is 10.8. The van der Waals surface area contributed by atoms with Crippen LogP contribution in [0.2, 0.25) is 0 Å². The summed E-state index contributed by atoms with van der Waals surface area (Å²) in [6.45, 7) is 5.18. The second-order valence-electron chi connectivity index (χ2n) is 8.11. The van der Waals surface area contributed by atoms with Crippen molar-refractivity contribution < 1.29 is 4.74 Å². The number of fused-ring (bicyclic) bond motifs is 1. The van der Waals surface area contributed by atoms with Crippen LogP contribution in [0.5, 0.6) is 0 Å². The first-order valence-corrected chi connectivity index (χ1v) is 10.8. The number of benzene rings is 1. The summed E-state index contributed by atoms with van der Waals surface area (Å²) in [5.41, 5.74) is 5.28. The lowest BCUT2D eigenvalue weighted by Gasteiger charge is -2.41. The molecule has 4 aromatic rings. The van der Waals surface area contributed by atoms with Gasteiger partial charge >= 0.3 is 0 Å². The SMILES string of the molecule is c1ccc(N2CC(c3cc(N4CCOCC4)n4nc(-c5ccncc5)cc4n3)C2)cc1. The van der Waals surface area contributed by atoms with E-state index in [9.17, 15) is 0 Å². The van der Waals surface area contributed by atoms with Gasteiger partial charge in [0.2, 0.25) is 0 Å². The van der Waals surface area contributed by atoms with Crippen LogP contribution in [0.1, 0.15) is 11.6 Å². The van der Waals surface area contributed by atoms with E-state index in [-0.39, 0.29) is 0 Å². The molecule has 156 valence electrons. The Kier molecular flexibility index (Phi) is 4.53. The molecule has 7 nitrogen and oxygen atoms in total. The monoisotopic (exact) mass is 412 g/mol. The van der Waals surface area contributed by atoms with Crippen molar-refractivity contribution >= 4 is 17.2 Å². The maximum absolute atomic E-state index is 5.58. The molecule has 0 N–H and O–H groups in total. The number of aromatic nitrogens is 4. The lowest BCUT2D eigenvalue weighted by Crippen LogP contribution is -2.45. The predicted molar refractivity (Wildman–Crippen MR) is 121 cm³/mol. The Balaban J connectivity index is 1.37. The van der Waals surface area contributed by atoms with E-state index in [4.69, 9.17) is 14.8 Å². The number of ether oxygens (including phenoxy) is 1. The third-order valence-electron chi connectivity index (χ3n) is 6.16. The number of hydrogen-bond acceptors (Lipinski definition) is 6. The molecule has 0 bridgehead atoms. The Morgan fingerprint density at radius 3 is 2.42 bits per heavy atom. The van der Waals surface area contributed by atoms with Gasteiger partial charge in [-0.3, -0.25) is 4.98 Å². The number of hydrogen-bond donors (Lipinski definition) is 0. The predicted octanol–water partition coefficient (Wildman–Crippen LogP) is 3.23. The van der Waals surface area contributed by atoms with Crippen LogP contribution in [0.3, 0.4) is 0 Å². The minimum Gasteiger partial charge on any atom is -0.378 e. The molecule has 2 aliphatic rings. The summed E-state index contributed by atoms with van der Waals surface area (Å²) in [6.07, 6.45) is 3.60. The second kappa shape index (κ2) is 7.67. The smallest absolute Gasteiger partial charge is 0.158 e. The first-order chi connectivity index (χ1) is 15.3. The lowest BCUT2D eigenvalue weighted by atomic mass is 9.95. The highest BCUT2D eigenvalue weighted by molar-refractivity contribution is 5.66. The zero-order valence-electron chi connectivity index (χ0n) is 17.3. The van der Waals surface area contributed by atoms with Crippen LogP contribution in [0.25, 0.3) is 16.9 Å². The largest absolute Gasteiger partial charge is 0.378 e. The van der Waals surface area contributed by atoms with E-state index >= 15 is 0 Å². The molecule has 0 radical (unpaired) electrons. The first kappa shape index (κ1) is 18.3. The molecule has 0 unspecified atom stereocenters. The zero-order chi connectivity index (χ0) is 20.6. The van der Waals surface area contributed by atoms with Crippen molar-refractivity contribution in [1.29, 1.82) is 0 Å². The molecule has 0 amide bonds. The summed E-state index contributed by atoms with van der Waals surface area (Å²) < 4.78 is 7.56. The number of anilines is 2. The van der Waals surface area contributed by atoms with Gasteiger partial charge in [0.1, 0.15) is 5.82 Å². The summed E-state index contributed by atoms with van der Waals surface area (Å²) in [4.78, 5) is 13.9. The summed E-state index contributed by atoms with van der Waals surface area (Å²) in [7, 11) is 0. The van der Waals surface area contributed by atoms with E-state index in [1.54, 1.807) is 12.4 Å². The normalized spacial score (nSPS) is 17.2. The van der Waals surface area contributed by atoms with E-state index in [0.717, 1.165) is 67.8 Å². The van der Waals surface area contributed by atoms with Crippen molar-refractivity contribution in [3.05, 3.63) is 72.7 Å². The van der Waals surface area contributed by atoms with Crippen molar-refractivity contribution in [2.45, 2.75) is 5.92 Å². The van der Waals surface area contributed by atoms with Crippen molar-refractivity contribution in [2.75, 3.05) is 49.2 Å². The van der Waals surface area contributed by atoms with E-state index in [1.165, 1.54) is 5.69 Å². The van der Waals surface area contributed by atoms with Gasteiger partial charge in [-0.1, -0.05) is 18.2 Å². The van der Waals surface area contributed by atoms with Gasteiger partial charge in [0.05, 0.1) is 24.6 Å². The lowest BCUT2D eigenvalue weighted by molar-refractivity contribution is 0.122. The quantitative estimate of drug-likeness (QED) is 0.513. The maximum Gasteiger partial charge on any atom is 0.158 e. The standard InChI is InChI=1S/C24H24N6O/c1-2-4-20(5-3-1)29-16-19(17-29)21-15-24(28-10-12-31-13-11-28)30-23(26-21)14-22(27-30)18-6-8-25-9-7-18/h1-9,14-15,19H,10-13,16-17H2. The summed E-state index contributed by atoms with van der Waals surface area (Å²) in [5.74, 6) is 1.52. The van der Waals surface area contributed by atoms with Gasteiger partial charge in [-0.25, -0.2) is 4.98 Å². The molecule has 0 aliphatic carbocycles. The van der Waals surface area contributed by atoms with Crippen LogP contribution in [0.15, 0.2) is 67.0 Å². The Labute approximate surface area is 180 Å². The summed E-state index contributed by atoms with van der Waals surface area (Å²) in [5, 5.41) is 4.90. The average molecular weight is 412 g/mol. The molecule has 1 aromatic carbocycles. The minimum atomic E-state index is 0.421. The molecule has 0 spiro atoms. The summed E-state index contributed by atoms with van der Waals surface area (Å²) in [6, 6.07) is 18.9. The van der Waals surface area contributed by atoms with Gasteiger partial charge < -0.3 is 14.5 Å². The molecule has 0 saturated carbocycles. The number of para-hydroxylation sites is 1. The van der Waals surface area contributed by atoms with E-state index in [2.05, 4.69) is 57.2 Å².